The summed E-state index contributed by atoms with van der Waals surface area (Å²) in [6.07, 6.45) is 0. The molecule has 0 spiro atoms. The van der Waals surface area contributed by atoms with Crippen molar-refractivity contribution >= 4 is 17.5 Å². The van der Waals surface area contributed by atoms with E-state index in [9.17, 15) is 4.79 Å². The topological polar surface area (TPSA) is 67.6 Å². The predicted molar refractivity (Wildman–Crippen MR) is 116 cm³/mol. The molecule has 1 fully saturated rings. The van der Waals surface area contributed by atoms with Crippen LogP contribution in [0.3, 0.4) is 0 Å². The smallest absolute Gasteiger partial charge is 0.273 e. The molecule has 4 rings (SSSR count). The molecule has 2 heterocycles. The van der Waals surface area contributed by atoms with Gasteiger partial charge in [-0.05, 0) is 24.6 Å². The van der Waals surface area contributed by atoms with Crippen molar-refractivity contribution in [3.05, 3.63) is 76.4 Å². The van der Waals surface area contributed by atoms with Crippen molar-refractivity contribution in [2.45, 2.75) is 13.0 Å². The lowest BCUT2D eigenvalue weighted by Gasteiger charge is -2.34. The maximum absolute atomic E-state index is 12.7. The zero-order valence-electron chi connectivity index (χ0n) is 16.8. The molecule has 1 atom stereocenters. The van der Waals surface area contributed by atoms with E-state index in [0.717, 1.165) is 29.8 Å². The second kappa shape index (κ2) is 9.43. The predicted octanol–water partition coefficient (Wildman–Crippen LogP) is 4.11. The Morgan fingerprint density at radius 1 is 1.13 bits per heavy atom. The van der Waals surface area contributed by atoms with E-state index >= 15 is 0 Å². The molecule has 2 aromatic carbocycles. The largest absolute Gasteiger partial charge is 0.379 e. The Bertz CT molecular complexity index is 980. The van der Waals surface area contributed by atoms with Crippen LogP contribution in [-0.4, -0.2) is 48.8 Å². The van der Waals surface area contributed by atoms with Gasteiger partial charge in [-0.15, -0.1) is 0 Å². The van der Waals surface area contributed by atoms with Gasteiger partial charge in [0, 0.05) is 36.3 Å². The van der Waals surface area contributed by atoms with Crippen LogP contribution in [0.1, 0.15) is 27.7 Å². The van der Waals surface area contributed by atoms with Crippen LogP contribution >= 0.6 is 11.6 Å². The highest BCUT2D eigenvalue weighted by Gasteiger charge is 2.24. The van der Waals surface area contributed by atoms with Crippen LogP contribution in [0.4, 0.5) is 0 Å². The number of amides is 1. The highest BCUT2D eigenvalue weighted by molar-refractivity contribution is 6.30. The Labute approximate surface area is 180 Å². The number of benzene rings is 2. The van der Waals surface area contributed by atoms with Crippen LogP contribution in [0.2, 0.25) is 5.02 Å². The molecule has 30 heavy (non-hydrogen) atoms. The van der Waals surface area contributed by atoms with Gasteiger partial charge in [-0.25, -0.2) is 0 Å². The maximum atomic E-state index is 12.7. The fourth-order valence-corrected chi connectivity index (χ4v) is 3.67. The number of carbonyl (C=O) groups is 1. The molecule has 0 unspecified atom stereocenters. The Morgan fingerprint density at radius 3 is 2.53 bits per heavy atom. The third-order valence-electron chi connectivity index (χ3n) is 5.28. The SMILES string of the molecule is Cc1ccc(-c2cc(C(=O)NC[C@@H](c3ccc(Cl)cc3)N3CCOCC3)no2)cc1. The van der Waals surface area contributed by atoms with Crippen molar-refractivity contribution in [2.75, 3.05) is 32.8 Å². The number of halogens is 1. The van der Waals surface area contributed by atoms with Crippen molar-refractivity contribution in [3.63, 3.8) is 0 Å². The van der Waals surface area contributed by atoms with Crippen LogP contribution in [0.25, 0.3) is 11.3 Å². The summed E-state index contributed by atoms with van der Waals surface area (Å²) in [5, 5.41) is 7.65. The summed E-state index contributed by atoms with van der Waals surface area (Å²) in [7, 11) is 0. The van der Waals surface area contributed by atoms with E-state index < -0.39 is 0 Å². The number of hydrogen-bond donors (Lipinski definition) is 1. The Balaban J connectivity index is 1.45. The highest BCUT2D eigenvalue weighted by atomic mass is 35.5. The maximum Gasteiger partial charge on any atom is 0.273 e. The van der Waals surface area contributed by atoms with Crippen molar-refractivity contribution in [1.82, 2.24) is 15.4 Å². The molecular weight excluding hydrogens is 402 g/mol. The molecule has 156 valence electrons. The monoisotopic (exact) mass is 425 g/mol. The number of morpholine rings is 1. The number of nitrogens with one attached hydrogen (secondary N) is 1. The fourth-order valence-electron chi connectivity index (χ4n) is 3.55. The molecule has 3 aromatic rings. The summed E-state index contributed by atoms with van der Waals surface area (Å²) in [4.78, 5) is 15.0. The number of carbonyl (C=O) groups excluding carboxylic acids is 1. The van der Waals surface area contributed by atoms with Gasteiger partial charge in [0.05, 0.1) is 19.3 Å². The van der Waals surface area contributed by atoms with E-state index in [4.69, 9.17) is 20.9 Å². The molecule has 1 N–H and O–H groups in total. The lowest BCUT2D eigenvalue weighted by Crippen LogP contribution is -2.43. The number of hydrogen-bond acceptors (Lipinski definition) is 5. The number of ether oxygens (including phenoxy) is 1. The molecule has 1 aliphatic rings. The molecule has 6 nitrogen and oxygen atoms in total. The number of aryl methyl sites for hydroxylation is 1. The van der Waals surface area contributed by atoms with Gasteiger partial charge in [-0.3, -0.25) is 9.69 Å². The number of aromatic nitrogens is 1. The average molecular weight is 426 g/mol. The lowest BCUT2D eigenvalue weighted by atomic mass is 10.0. The van der Waals surface area contributed by atoms with E-state index in [-0.39, 0.29) is 17.6 Å². The van der Waals surface area contributed by atoms with Gasteiger partial charge < -0.3 is 14.6 Å². The third-order valence-corrected chi connectivity index (χ3v) is 5.53. The van der Waals surface area contributed by atoms with Gasteiger partial charge in [0.1, 0.15) is 0 Å². The van der Waals surface area contributed by atoms with Gasteiger partial charge in [0.25, 0.3) is 5.91 Å². The van der Waals surface area contributed by atoms with Crippen LogP contribution in [0.5, 0.6) is 0 Å². The number of rotatable bonds is 6. The van der Waals surface area contributed by atoms with E-state index in [0.29, 0.717) is 30.5 Å². The molecular formula is C23H24ClN3O3. The normalized spacial score (nSPS) is 15.7. The molecule has 0 bridgehead atoms. The summed E-state index contributed by atoms with van der Waals surface area (Å²) in [5.41, 5.74) is 3.41. The lowest BCUT2D eigenvalue weighted by molar-refractivity contribution is 0.0162. The van der Waals surface area contributed by atoms with E-state index in [1.807, 2.05) is 55.5 Å². The molecule has 1 amide bonds. The highest BCUT2D eigenvalue weighted by Crippen LogP contribution is 2.24. The first-order valence-electron chi connectivity index (χ1n) is 9.99. The van der Waals surface area contributed by atoms with Gasteiger partial charge >= 0.3 is 0 Å². The van der Waals surface area contributed by atoms with Crippen molar-refractivity contribution in [2.24, 2.45) is 0 Å². The molecule has 0 aliphatic carbocycles. The van der Waals surface area contributed by atoms with Crippen LogP contribution < -0.4 is 5.32 Å². The summed E-state index contributed by atoms with van der Waals surface area (Å²) >= 11 is 6.05. The van der Waals surface area contributed by atoms with Gasteiger partial charge in [0.2, 0.25) is 0 Å². The van der Waals surface area contributed by atoms with Gasteiger partial charge in [0.15, 0.2) is 11.5 Å². The standard InChI is InChI=1S/C23H24ClN3O3/c1-16-2-4-18(5-3-16)22-14-20(26-30-22)23(28)25-15-21(27-10-12-29-13-11-27)17-6-8-19(24)9-7-17/h2-9,14,21H,10-13,15H2,1H3,(H,25,28)/t21-/m0/s1. The van der Waals surface area contributed by atoms with E-state index in [1.54, 1.807) is 6.07 Å². The minimum Gasteiger partial charge on any atom is -0.379 e. The van der Waals surface area contributed by atoms with Crippen molar-refractivity contribution < 1.29 is 14.1 Å². The molecule has 1 aromatic heterocycles. The summed E-state index contributed by atoms with van der Waals surface area (Å²) in [6.45, 7) is 5.46. The first kappa shape index (κ1) is 20.6. The Hall–Kier alpha value is -2.67. The quantitative estimate of drug-likeness (QED) is 0.643. The van der Waals surface area contributed by atoms with Crippen molar-refractivity contribution in [3.8, 4) is 11.3 Å². The van der Waals surface area contributed by atoms with Gasteiger partial charge in [-0.1, -0.05) is 58.7 Å². The molecule has 7 heteroatoms. The van der Waals surface area contributed by atoms with Gasteiger partial charge in [-0.2, -0.15) is 0 Å². The van der Waals surface area contributed by atoms with Crippen molar-refractivity contribution in [1.29, 1.82) is 0 Å². The van der Waals surface area contributed by atoms with E-state index in [1.165, 1.54) is 0 Å². The zero-order valence-corrected chi connectivity index (χ0v) is 17.6. The summed E-state index contributed by atoms with van der Waals surface area (Å²) in [5.74, 6) is 0.312. The molecule has 1 aliphatic heterocycles. The second-order valence-corrected chi connectivity index (χ2v) is 7.80. The number of nitrogens with zero attached hydrogens (tertiary/aromatic N) is 2. The van der Waals surface area contributed by atoms with Crippen LogP contribution in [0.15, 0.2) is 59.1 Å². The zero-order chi connectivity index (χ0) is 20.9. The Morgan fingerprint density at radius 2 is 1.83 bits per heavy atom. The summed E-state index contributed by atoms with van der Waals surface area (Å²) < 4.78 is 10.9. The fraction of sp³-hybridized carbons (Fsp3) is 0.304. The third kappa shape index (κ3) is 4.90. The molecule has 0 saturated carbocycles. The Kier molecular flexibility index (Phi) is 6.47. The molecule has 1 saturated heterocycles. The average Bonchev–Trinajstić information content (AvgIpc) is 3.27. The van der Waals surface area contributed by atoms with E-state index in [2.05, 4.69) is 15.4 Å². The van der Waals surface area contributed by atoms with Crippen LogP contribution in [0, 0.1) is 6.92 Å². The first-order valence-corrected chi connectivity index (χ1v) is 10.4. The minimum absolute atomic E-state index is 0.0265. The minimum atomic E-state index is -0.260. The second-order valence-electron chi connectivity index (χ2n) is 7.37. The molecule has 0 radical (unpaired) electrons. The first-order chi connectivity index (χ1) is 14.6. The van der Waals surface area contributed by atoms with Crippen LogP contribution in [-0.2, 0) is 4.74 Å². The summed E-state index contributed by atoms with van der Waals surface area (Å²) in [6, 6.07) is 17.3.